The van der Waals surface area contributed by atoms with E-state index >= 15 is 0 Å². The summed E-state index contributed by atoms with van der Waals surface area (Å²) >= 11 is -4.25. The molecule has 9 heteroatoms. The zero-order valence-corrected chi connectivity index (χ0v) is 22.8. The van der Waals surface area contributed by atoms with E-state index in [9.17, 15) is 14.4 Å². The molecule has 0 bridgehead atoms. The quantitative estimate of drug-likeness (QED) is 0.171. The maximum absolute atomic E-state index is 12.8. The molecule has 1 amide bonds. The van der Waals surface area contributed by atoms with E-state index in [1.165, 1.54) is 4.90 Å². The van der Waals surface area contributed by atoms with E-state index in [1.54, 1.807) is 31.2 Å². The van der Waals surface area contributed by atoms with Crippen LogP contribution in [0.4, 0.5) is 5.69 Å². The van der Waals surface area contributed by atoms with Gasteiger partial charge in [-0.2, -0.15) is 0 Å². The summed E-state index contributed by atoms with van der Waals surface area (Å²) in [7, 11) is 0. The molecular formula is C26H29NO7Sn. The maximum atomic E-state index is 12.8. The minimum atomic E-state index is -4.25. The second-order valence-electron chi connectivity index (χ2n) is 7.79. The first kappa shape index (κ1) is 28.2. The topological polar surface area (TPSA) is 91.4 Å². The van der Waals surface area contributed by atoms with Gasteiger partial charge in [-0.3, -0.25) is 0 Å². The zero-order chi connectivity index (χ0) is 25.8. The van der Waals surface area contributed by atoms with Crippen molar-refractivity contribution in [2.45, 2.75) is 37.2 Å². The summed E-state index contributed by atoms with van der Waals surface area (Å²) in [5.41, 5.74) is 1.37. The van der Waals surface area contributed by atoms with Gasteiger partial charge in [0.1, 0.15) is 0 Å². The van der Waals surface area contributed by atoms with Crippen LogP contribution in [0, 0.1) is 24.7 Å². The molecule has 0 saturated carbocycles. The number of nitrogens with zero attached hydrogens (tertiary/aromatic N) is 1. The van der Waals surface area contributed by atoms with Gasteiger partial charge in [-0.15, -0.1) is 0 Å². The fraction of sp³-hybridized carbons (Fsp3) is 0.346. The van der Waals surface area contributed by atoms with Gasteiger partial charge in [0.15, 0.2) is 0 Å². The minimum absolute atomic E-state index is 0.0112. The molecule has 2 rings (SSSR count). The van der Waals surface area contributed by atoms with Crippen LogP contribution < -0.4 is 4.90 Å². The van der Waals surface area contributed by atoms with Crippen LogP contribution in [-0.4, -0.2) is 63.3 Å². The van der Waals surface area contributed by atoms with Crippen LogP contribution in [0.3, 0.4) is 0 Å². The van der Waals surface area contributed by atoms with Gasteiger partial charge in [-0.25, -0.2) is 0 Å². The number of rotatable bonds is 11. The van der Waals surface area contributed by atoms with Gasteiger partial charge in [0.25, 0.3) is 0 Å². The summed E-state index contributed by atoms with van der Waals surface area (Å²) in [5.74, 6) is 3.14. The predicted octanol–water partition coefficient (Wildman–Crippen LogP) is 3.01. The third-order valence-corrected chi connectivity index (χ3v) is 12.8. The van der Waals surface area contributed by atoms with Gasteiger partial charge >= 0.3 is 212 Å². The molecule has 35 heavy (non-hydrogen) atoms. The van der Waals surface area contributed by atoms with E-state index in [-0.39, 0.29) is 25.3 Å². The van der Waals surface area contributed by atoms with E-state index in [0.29, 0.717) is 15.7 Å². The number of esters is 1. The molecule has 1 saturated heterocycles. The number of carbonyl (C=O) groups is 3. The molecule has 1 aliphatic rings. The molecule has 0 N–H and O–H groups in total. The summed E-state index contributed by atoms with van der Waals surface area (Å²) in [6.45, 7) is 7.19. The van der Waals surface area contributed by atoms with Crippen molar-refractivity contribution in [3.8, 4) is 24.7 Å². The standard InChI is InChI=1S/C15H11NO3.C7H10O4.C4H9.Sn/c1-3-10-16(14(17)8-9-15(18)19)13-7-5-6-12(4-2)11-13;1-5(2)7(10)11-4-6(9)3-8;1-3-4-2;/h1-2,5-9,11H,10H2,(H,18,19);6H,1,3-4H2,2H3;1,3-4H2,2H3;/q;-2;;+3/p-1/b9-8-;;;. The molecule has 8 nitrogen and oxygen atoms in total. The number of unbranched alkanes of at least 4 members (excludes halogenated alkanes) is 1. The van der Waals surface area contributed by atoms with Gasteiger partial charge in [0, 0.05) is 0 Å². The number of carbonyl (C=O) groups excluding carboxylic acids is 3. The van der Waals surface area contributed by atoms with E-state index in [0.717, 1.165) is 25.0 Å². The van der Waals surface area contributed by atoms with Crippen molar-refractivity contribution in [3.05, 3.63) is 54.1 Å². The summed E-state index contributed by atoms with van der Waals surface area (Å²) in [6, 6.07) is 6.79. The fourth-order valence-electron chi connectivity index (χ4n) is 3.11. The zero-order valence-electron chi connectivity index (χ0n) is 20.0. The van der Waals surface area contributed by atoms with E-state index in [1.807, 2.05) is 6.92 Å². The second kappa shape index (κ2) is 13.7. The Kier molecular flexibility index (Phi) is 11.1. The van der Waals surface area contributed by atoms with Crippen LogP contribution in [0.15, 0.2) is 48.6 Å². The Morgan fingerprint density at radius 1 is 1.31 bits per heavy atom. The van der Waals surface area contributed by atoms with Crippen LogP contribution in [0.5, 0.6) is 0 Å². The molecule has 1 aliphatic heterocycles. The van der Waals surface area contributed by atoms with Crippen molar-refractivity contribution >= 4 is 43.2 Å². The van der Waals surface area contributed by atoms with Crippen molar-refractivity contribution in [1.82, 2.24) is 0 Å². The Hall–Kier alpha value is -3.05. The molecule has 184 valence electrons. The number of terminal acetylenes is 2. The molecule has 2 unspecified atom stereocenters. The molecule has 0 spiro atoms. The van der Waals surface area contributed by atoms with Crippen molar-refractivity contribution < 1.29 is 28.3 Å². The molecule has 0 radical (unpaired) electrons. The Morgan fingerprint density at radius 2 is 2.09 bits per heavy atom. The number of hydrogen-bond donors (Lipinski definition) is 0. The van der Waals surface area contributed by atoms with Crippen LogP contribution >= 0.6 is 0 Å². The van der Waals surface area contributed by atoms with E-state index < -0.39 is 43.6 Å². The predicted molar refractivity (Wildman–Crippen MR) is 133 cm³/mol. The van der Waals surface area contributed by atoms with E-state index in [2.05, 4.69) is 18.4 Å². The van der Waals surface area contributed by atoms with Crippen molar-refractivity contribution in [2.75, 3.05) is 24.7 Å². The van der Waals surface area contributed by atoms with Crippen molar-refractivity contribution in [1.29, 1.82) is 0 Å². The number of amides is 1. The number of hydrogen-bond acceptors (Lipinski definition) is 7. The average Bonchev–Trinajstić information content (AvgIpc) is 3.25. The summed E-state index contributed by atoms with van der Waals surface area (Å²) in [6.07, 6.45) is 14.0. The van der Waals surface area contributed by atoms with Crippen LogP contribution in [0.25, 0.3) is 0 Å². The van der Waals surface area contributed by atoms with E-state index in [4.69, 9.17) is 26.8 Å². The number of anilines is 1. The molecule has 0 aromatic heterocycles. The van der Waals surface area contributed by atoms with Crippen LogP contribution in [-0.2, 0) is 28.3 Å². The molecule has 1 aromatic carbocycles. The first-order valence-corrected chi connectivity index (χ1v) is 16.6. The van der Waals surface area contributed by atoms with Crippen molar-refractivity contribution in [2.24, 2.45) is 0 Å². The average molecular weight is 586 g/mol. The number of benzene rings is 1. The summed E-state index contributed by atoms with van der Waals surface area (Å²) in [5, 5.41) is 0. The summed E-state index contributed by atoms with van der Waals surface area (Å²) in [4.78, 5) is 38.3. The molecule has 1 fully saturated rings. The molecule has 1 heterocycles. The normalized spacial score (nSPS) is 18.9. The second-order valence-corrected chi connectivity index (χ2v) is 15.2. The van der Waals surface area contributed by atoms with Gasteiger partial charge in [0.05, 0.1) is 0 Å². The Balaban J connectivity index is 2.07. The van der Waals surface area contributed by atoms with Gasteiger partial charge in [-0.1, -0.05) is 0 Å². The molecule has 0 aliphatic carbocycles. The SMILES string of the molecule is C#CCN(C(=O)/C=C\C(=O)[O][Sn]1([CH2]CCC)[O]CC(COC(=O)C(=C)C)[O]1)c1cccc(C#C)c1. The summed E-state index contributed by atoms with van der Waals surface area (Å²) < 4.78 is 23.1. The first-order valence-electron chi connectivity index (χ1n) is 11.1. The van der Waals surface area contributed by atoms with Crippen LogP contribution in [0.1, 0.15) is 32.3 Å². The third-order valence-electron chi connectivity index (χ3n) is 4.88. The van der Waals surface area contributed by atoms with Crippen LogP contribution in [0.2, 0.25) is 4.44 Å². The first-order chi connectivity index (χ1) is 16.7. The van der Waals surface area contributed by atoms with Gasteiger partial charge < -0.3 is 0 Å². The Labute approximate surface area is 211 Å². The van der Waals surface area contributed by atoms with Crippen molar-refractivity contribution in [3.63, 3.8) is 0 Å². The number of ether oxygens (including phenoxy) is 1. The monoisotopic (exact) mass is 587 g/mol. The van der Waals surface area contributed by atoms with Gasteiger partial charge in [0.2, 0.25) is 0 Å². The molecule has 2 atom stereocenters. The molecular weight excluding hydrogens is 557 g/mol. The molecule has 1 aromatic rings. The van der Waals surface area contributed by atoms with Gasteiger partial charge in [-0.05, 0) is 0 Å². The Morgan fingerprint density at radius 3 is 2.74 bits per heavy atom. The fourth-order valence-corrected chi connectivity index (χ4v) is 11.1. The third kappa shape index (κ3) is 8.59. The Bertz CT molecular complexity index is 1070.